The van der Waals surface area contributed by atoms with Gasteiger partial charge in [0.25, 0.3) is 5.91 Å². The first-order valence-corrected chi connectivity index (χ1v) is 7.21. The molecular formula is C14H23N5O. The Morgan fingerprint density at radius 1 is 1.45 bits per heavy atom. The first-order chi connectivity index (χ1) is 9.69. The molecule has 1 amide bonds. The van der Waals surface area contributed by atoms with Crippen molar-refractivity contribution >= 4 is 11.7 Å². The van der Waals surface area contributed by atoms with Crippen LogP contribution < -0.4 is 10.6 Å². The molecule has 0 aliphatic carbocycles. The molecule has 2 heterocycles. The Kier molecular flexibility index (Phi) is 5.29. The van der Waals surface area contributed by atoms with Gasteiger partial charge < -0.3 is 15.5 Å². The average molecular weight is 277 g/mol. The number of carbonyl (C=O) groups excluding carboxylic acids is 1. The Morgan fingerprint density at radius 3 is 2.95 bits per heavy atom. The van der Waals surface area contributed by atoms with Gasteiger partial charge >= 0.3 is 0 Å². The molecule has 1 aromatic rings. The highest BCUT2D eigenvalue weighted by molar-refractivity contribution is 5.91. The molecule has 110 valence electrons. The normalized spacial score (nSPS) is 19.6. The largest absolute Gasteiger partial charge is 0.369 e. The van der Waals surface area contributed by atoms with E-state index in [-0.39, 0.29) is 5.91 Å². The zero-order chi connectivity index (χ0) is 14.4. The third kappa shape index (κ3) is 4.16. The van der Waals surface area contributed by atoms with Gasteiger partial charge in [0.2, 0.25) is 0 Å². The van der Waals surface area contributed by atoms with Gasteiger partial charge in [-0.05, 0) is 39.3 Å². The number of nitrogens with one attached hydrogen (secondary N) is 2. The molecule has 2 N–H and O–H groups in total. The van der Waals surface area contributed by atoms with Gasteiger partial charge in [0.15, 0.2) is 0 Å². The molecule has 0 spiro atoms. The topological polar surface area (TPSA) is 70.2 Å². The fraction of sp³-hybridized carbons (Fsp3) is 0.643. The lowest BCUT2D eigenvalue weighted by Gasteiger charge is -2.29. The third-order valence-electron chi connectivity index (χ3n) is 3.52. The summed E-state index contributed by atoms with van der Waals surface area (Å²) in [6.45, 7) is 5.69. The maximum absolute atomic E-state index is 12.0. The van der Waals surface area contributed by atoms with Crippen molar-refractivity contribution in [1.82, 2.24) is 20.2 Å². The highest BCUT2D eigenvalue weighted by atomic mass is 16.1. The first-order valence-electron chi connectivity index (χ1n) is 7.21. The zero-order valence-corrected chi connectivity index (χ0v) is 12.2. The average Bonchev–Trinajstić information content (AvgIpc) is 2.46. The van der Waals surface area contributed by atoms with Crippen molar-refractivity contribution in [3.8, 4) is 0 Å². The number of piperidine rings is 1. The van der Waals surface area contributed by atoms with Crippen molar-refractivity contribution in [2.24, 2.45) is 5.92 Å². The molecule has 6 heteroatoms. The number of hydrogen-bond donors (Lipinski definition) is 2. The lowest BCUT2D eigenvalue weighted by atomic mass is 9.98. The summed E-state index contributed by atoms with van der Waals surface area (Å²) in [5.41, 5.74) is 0.371. The van der Waals surface area contributed by atoms with E-state index in [1.807, 2.05) is 6.92 Å². The lowest BCUT2D eigenvalue weighted by molar-refractivity contribution is 0.0931. The number of carbonyl (C=O) groups is 1. The van der Waals surface area contributed by atoms with Gasteiger partial charge in [-0.15, -0.1) is 0 Å². The molecule has 2 rings (SSSR count). The zero-order valence-electron chi connectivity index (χ0n) is 12.2. The van der Waals surface area contributed by atoms with Crippen LogP contribution in [0.1, 0.15) is 30.3 Å². The second-order valence-corrected chi connectivity index (χ2v) is 5.30. The Labute approximate surface area is 120 Å². The Hall–Kier alpha value is -1.69. The van der Waals surface area contributed by atoms with Gasteiger partial charge in [0.1, 0.15) is 11.5 Å². The summed E-state index contributed by atoms with van der Waals surface area (Å²) in [7, 11) is 2.12. The molecule has 0 saturated carbocycles. The minimum atomic E-state index is -0.145. The third-order valence-corrected chi connectivity index (χ3v) is 3.52. The van der Waals surface area contributed by atoms with Crippen LogP contribution in [-0.4, -0.2) is 54.0 Å². The molecule has 1 unspecified atom stereocenters. The van der Waals surface area contributed by atoms with Crippen LogP contribution in [0, 0.1) is 5.92 Å². The monoisotopic (exact) mass is 277 g/mol. The fourth-order valence-electron chi connectivity index (χ4n) is 2.49. The van der Waals surface area contributed by atoms with Gasteiger partial charge in [0.05, 0.1) is 12.4 Å². The van der Waals surface area contributed by atoms with Crippen molar-refractivity contribution in [3.05, 3.63) is 18.1 Å². The Bertz CT molecular complexity index is 434. The SMILES string of the molecule is CCNc1cnc(C(=O)NCC2CCCN(C)C2)cn1. The van der Waals surface area contributed by atoms with Crippen molar-refractivity contribution in [2.75, 3.05) is 38.5 Å². The van der Waals surface area contributed by atoms with Crippen LogP contribution in [0.2, 0.25) is 0 Å². The fourth-order valence-corrected chi connectivity index (χ4v) is 2.49. The molecule has 1 aromatic heterocycles. The van der Waals surface area contributed by atoms with Crippen molar-refractivity contribution in [3.63, 3.8) is 0 Å². The number of nitrogens with zero attached hydrogens (tertiary/aromatic N) is 3. The molecule has 0 aromatic carbocycles. The minimum Gasteiger partial charge on any atom is -0.369 e. The number of hydrogen-bond acceptors (Lipinski definition) is 5. The summed E-state index contributed by atoms with van der Waals surface area (Å²) < 4.78 is 0. The number of rotatable bonds is 5. The van der Waals surface area contributed by atoms with Crippen LogP contribution in [0.5, 0.6) is 0 Å². The van der Waals surface area contributed by atoms with E-state index in [4.69, 9.17) is 0 Å². The van der Waals surface area contributed by atoms with Crippen molar-refractivity contribution < 1.29 is 4.79 Å². The summed E-state index contributed by atoms with van der Waals surface area (Å²) in [5, 5.41) is 6.00. The molecule has 0 radical (unpaired) electrons. The molecule has 1 saturated heterocycles. The first kappa shape index (κ1) is 14.7. The molecule has 20 heavy (non-hydrogen) atoms. The molecular weight excluding hydrogens is 254 g/mol. The van der Waals surface area contributed by atoms with E-state index in [1.165, 1.54) is 19.0 Å². The maximum atomic E-state index is 12.0. The van der Waals surface area contributed by atoms with Gasteiger partial charge in [-0.25, -0.2) is 9.97 Å². The van der Waals surface area contributed by atoms with Gasteiger partial charge in [-0.2, -0.15) is 0 Å². The molecule has 1 aliphatic heterocycles. The van der Waals surface area contributed by atoms with Crippen LogP contribution in [0.15, 0.2) is 12.4 Å². The van der Waals surface area contributed by atoms with Gasteiger partial charge in [-0.1, -0.05) is 0 Å². The van der Waals surface area contributed by atoms with E-state index >= 15 is 0 Å². The Morgan fingerprint density at radius 2 is 2.30 bits per heavy atom. The molecule has 1 aliphatic rings. The summed E-state index contributed by atoms with van der Waals surface area (Å²) in [6.07, 6.45) is 5.48. The number of aromatic nitrogens is 2. The summed E-state index contributed by atoms with van der Waals surface area (Å²) in [4.78, 5) is 22.6. The smallest absolute Gasteiger partial charge is 0.271 e. The van der Waals surface area contributed by atoms with E-state index in [1.54, 1.807) is 6.20 Å². The van der Waals surface area contributed by atoms with Gasteiger partial charge in [0, 0.05) is 19.6 Å². The summed E-state index contributed by atoms with van der Waals surface area (Å²) >= 11 is 0. The van der Waals surface area contributed by atoms with E-state index in [0.717, 1.165) is 19.6 Å². The molecule has 6 nitrogen and oxygen atoms in total. The molecule has 0 bridgehead atoms. The maximum Gasteiger partial charge on any atom is 0.271 e. The van der Waals surface area contributed by atoms with Crippen molar-refractivity contribution in [1.29, 1.82) is 0 Å². The Balaban J connectivity index is 1.82. The number of likely N-dealkylation sites (tertiary alicyclic amines) is 1. The second kappa shape index (κ2) is 7.19. The predicted octanol–water partition coefficient (Wildman–Crippen LogP) is 0.980. The highest BCUT2D eigenvalue weighted by Crippen LogP contribution is 2.14. The van der Waals surface area contributed by atoms with Crippen LogP contribution in [-0.2, 0) is 0 Å². The predicted molar refractivity (Wildman–Crippen MR) is 78.7 cm³/mol. The number of anilines is 1. The second-order valence-electron chi connectivity index (χ2n) is 5.30. The standard InChI is InChI=1S/C14H23N5O/c1-3-15-13-9-16-12(8-17-13)14(20)18-7-11-5-4-6-19(2)10-11/h8-9,11H,3-7,10H2,1-2H3,(H,15,17)(H,18,20). The van der Waals surface area contributed by atoms with Crippen LogP contribution >= 0.6 is 0 Å². The van der Waals surface area contributed by atoms with Crippen LogP contribution in [0.25, 0.3) is 0 Å². The summed E-state index contributed by atoms with van der Waals surface area (Å²) in [6, 6.07) is 0. The van der Waals surface area contributed by atoms with E-state index < -0.39 is 0 Å². The van der Waals surface area contributed by atoms with Gasteiger partial charge in [-0.3, -0.25) is 4.79 Å². The van der Waals surface area contributed by atoms with Crippen LogP contribution in [0.3, 0.4) is 0 Å². The number of amides is 1. The minimum absolute atomic E-state index is 0.145. The quantitative estimate of drug-likeness (QED) is 0.839. The van der Waals surface area contributed by atoms with E-state index in [0.29, 0.717) is 24.0 Å². The van der Waals surface area contributed by atoms with E-state index in [2.05, 4.69) is 32.5 Å². The summed E-state index contributed by atoms with van der Waals surface area (Å²) in [5.74, 6) is 1.08. The van der Waals surface area contributed by atoms with E-state index in [9.17, 15) is 4.79 Å². The molecule has 1 atom stereocenters. The lowest BCUT2D eigenvalue weighted by Crippen LogP contribution is -2.39. The van der Waals surface area contributed by atoms with Crippen LogP contribution in [0.4, 0.5) is 5.82 Å². The van der Waals surface area contributed by atoms with Crippen molar-refractivity contribution in [2.45, 2.75) is 19.8 Å². The highest BCUT2D eigenvalue weighted by Gasteiger charge is 2.18. The molecule has 1 fully saturated rings.